The van der Waals surface area contributed by atoms with Gasteiger partial charge in [-0.25, -0.2) is 4.98 Å². The Balaban J connectivity index is 1.19. The van der Waals surface area contributed by atoms with Crippen LogP contribution in [0, 0.1) is 0 Å². The molecule has 12 aromatic rings. The second-order valence-corrected chi connectivity index (χ2v) is 14.6. The van der Waals surface area contributed by atoms with Gasteiger partial charge in [0.05, 0.1) is 11.0 Å². The average Bonchev–Trinajstić information content (AvgIpc) is 3.90. The number of rotatable bonds is 3. The number of nitrogens with zero attached hydrogens (tertiary/aromatic N) is 4. The second-order valence-electron chi connectivity index (χ2n) is 13.6. The minimum atomic E-state index is 0.576. The lowest BCUT2D eigenvalue weighted by Crippen LogP contribution is -2.06. The highest BCUT2D eigenvalue weighted by atomic mass is 32.1. The SMILES string of the molecule is c1ccc(-c2nc(-c3ccc4oc5ccc6ccccc6c5c4c3)nc(-n3c4ccc5ccccc5c4c4c5sc6ccccc6c5ccc43)n2)cc1. The molecule has 0 amide bonds. The number of thiophene rings is 1. The minimum absolute atomic E-state index is 0.576. The molecule has 12 rings (SSSR count). The topological polar surface area (TPSA) is 56.7 Å². The summed E-state index contributed by atoms with van der Waals surface area (Å²) in [5, 5.41) is 11.8. The van der Waals surface area contributed by atoms with Gasteiger partial charge in [0, 0.05) is 52.8 Å². The Bertz CT molecular complexity index is 3470. The maximum atomic E-state index is 6.36. The van der Waals surface area contributed by atoms with Crippen molar-refractivity contribution < 1.29 is 4.42 Å². The van der Waals surface area contributed by atoms with Gasteiger partial charge in [-0.05, 0) is 64.0 Å². The van der Waals surface area contributed by atoms with Crippen LogP contribution in [0.5, 0.6) is 0 Å². The van der Waals surface area contributed by atoms with Crippen LogP contribution in [0.25, 0.3) is 114 Å². The van der Waals surface area contributed by atoms with Crippen molar-refractivity contribution in [3.63, 3.8) is 0 Å². The summed E-state index contributed by atoms with van der Waals surface area (Å²) in [7, 11) is 0. The molecule has 246 valence electrons. The molecule has 4 heterocycles. The third-order valence-corrected chi connectivity index (χ3v) is 11.8. The van der Waals surface area contributed by atoms with Crippen LogP contribution in [0.4, 0.5) is 0 Å². The largest absolute Gasteiger partial charge is 0.456 e. The highest BCUT2D eigenvalue weighted by Crippen LogP contribution is 2.45. The van der Waals surface area contributed by atoms with Gasteiger partial charge >= 0.3 is 0 Å². The zero-order valence-electron chi connectivity index (χ0n) is 28.1. The number of benzene rings is 8. The quantitative estimate of drug-likeness (QED) is 0.185. The molecule has 5 nitrogen and oxygen atoms in total. The third kappa shape index (κ3) is 4.15. The van der Waals surface area contributed by atoms with Crippen molar-refractivity contribution in [2.24, 2.45) is 0 Å². The molecule has 0 fully saturated rings. The van der Waals surface area contributed by atoms with Crippen LogP contribution in [-0.2, 0) is 0 Å². The molecule has 0 saturated heterocycles. The van der Waals surface area contributed by atoms with Gasteiger partial charge in [0.15, 0.2) is 11.6 Å². The second kappa shape index (κ2) is 10.8. The molecule has 0 aliphatic heterocycles. The molecule has 0 N–H and O–H groups in total. The fraction of sp³-hybridized carbons (Fsp3) is 0. The van der Waals surface area contributed by atoms with E-state index in [1.807, 2.05) is 35.6 Å². The van der Waals surface area contributed by atoms with Gasteiger partial charge in [0.25, 0.3) is 0 Å². The number of aromatic nitrogens is 4. The van der Waals surface area contributed by atoms with Gasteiger partial charge < -0.3 is 4.42 Å². The Morgan fingerprint density at radius 3 is 1.91 bits per heavy atom. The van der Waals surface area contributed by atoms with E-state index in [4.69, 9.17) is 19.4 Å². The molecule has 0 unspecified atom stereocenters. The summed E-state index contributed by atoms with van der Waals surface area (Å²) < 4.78 is 11.1. The zero-order valence-corrected chi connectivity index (χ0v) is 28.9. The van der Waals surface area contributed by atoms with Gasteiger partial charge in [0.2, 0.25) is 5.95 Å². The summed E-state index contributed by atoms with van der Waals surface area (Å²) in [4.78, 5) is 15.7. The van der Waals surface area contributed by atoms with Crippen LogP contribution in [0.3, 0.4) is 0 Å². The van der Waals surface area contributed by atoms with Crippen LogP contribution < -0.4 is 0 Å². The highest BCUT2D eigenvalue weighted by Gasteiger charge is 2.22. The molecule has 53 heavy (non-hydrogen) atoms. The third-order valence-electron chi connectivity index (χ3n) is 10.6. The Morgan fingerprint density at radius 1 is 0.434 bits per heavy atom. The van der Waals surface area contributed by atoms with Crippen LogP contribution in [-0.4, -0.2) is 19.5 Å². The van der Waals surface area contributed by atoms with E-state index >= 15 is 0 Å². The lowest BCUT2D eigenvalue weighted by molar-refractivity contribution is 0.669. The van der Waals surface area contributed by atoms with Crippen molar-refractivity contribution in [1.82, 2.24) is 19.5 Å². The van der Waals surface area contributed by atoms with Gasteiger partial charge in [-0.3, -0.25) is 4.57 Å². The maximum absolute atomic E-state index is 6.36. The highest BCUT2D eigenvalue weighted by molar-refractivity contribution is 7.26. The van der Waals surface area contributed by atoms with Gasteiger partial charge in [0.1, 0.15) is 11.2 Å². The van der Waals surface area contributed by atoms with E-state index in [2.05, 4.69) is 138 Å². The average molecular weight is 695 g/mol. The van der Waals surface area contributed by atoms with Gasteiger partial charge in [-0.15, -0.1) is 11.3 Å². The lowest BCUT2D eigenvalue weighted by atomic mass is 10.0. The molecule has 8 aromatic carbocycles. The normalized spacial score (nSPS) is 12.2. The molecule has 0 aliphatic rings. The minimum Gasteiger partial charge on any atom is -0.456 e. The van der Waals surface area contributed by atoms with E-state index < -0.39 is 0 Å². The van der Waals surface area contributed by atoms with Crippen LogP contribution >= 0.6 is 11.3 Å². The van der Waals surface area contributed by atoms with Crippen molar-refractivity contribution in [2.75, 3.05) is 0 Å². The monoisotopic (exact) mass is 694 g/mol. The maximum Gasteiger partial charge on any atom is 0.238 e. The Hall–Kier alpha value is -6.89. The predicted octanol–water partition coefficient (Wildman–Crippen LogP) is 12.9. The number of hydrogen-bond donors (Lipinski definition) is 0. The smallest absolute Gasteiger partial charge is 0.238 e. The van der Waals surface area contributed by atoms with E-state index in [1.54, 1.807) is 0 Å². The molecule has 0 aliphatic carbocycles. The Labute approximate surface area is 306 Å². The van der Waals surface area contributed by atoms with Gasteiger partial charge in [-0.1, -0.05) is 115 Å². The molecule has 6 heteroatoms. The van der Waals surface area contributed by atoms with E-state index in [-0.39, 0.29) is 0 Å². The van der Waals surface area contributed by atoms with E-state index in [0.717, 1.165) is 49.5 Å². The fourth-order valence-corrected chi connectivity index (χ4v) is 9.51. The van der Waals surface area contributed by atoms with Crippen molar-refractivity contribution in [1.29, 1.82) is 0 Å². The van der Waals surface area contributed by atoms with Gasteiger partial charge in [-0.2, -0.15) is 9.97 Å². The van der Waals surface area contributed by atoms with Crippen LogP contribution in [0.15, 0.2) is 162 Å². The molecular weight excluding hydrogens is 669 g/mol. The van der Waals surface area contributed by atoms with E-state index in [1.165, 1.54) is 47.1 Å². The Kier molecular flexibility index (Phi) is 5.87. The lowest BCUT2D eigenvalue weighted by Gasteiger charge is -2.11. The molecule has 4 aromatic heterocycles. The summed E-state index contributed by atoms with van der Waals surface area (Å²) >= 11 is 1.85. The molecule has 0 bridgehead atoms. The molecule has 0 saturated carbocycles. The number of furan rings is 1. The number of hydrogen-bond acceptors (Lipinski definition) is 5. The first-order chi connectivity index (χ1) is 26.3. The number of fused-ring (bicyclic) bond motifs is 14. The molecule has 0 atom stereocenters. The van der Waals surface area contributed by atoms with Crippen molar-refractivity contribution in [3.8, 4) is 28.7 Å². The van der Waals surface area contributed by atoms with Crippen LogP contribution in [0.1, 0.15) is 0 Å². The summed E-state index contributed by atoms with van der Waals surface area (Å²) in [5.74, 6) is 1.79. The zero-order chi connectivity index (χ0) is 34.6. The summed E-state index contributed by atoms with van der Waals surface area (Å²) in [6.45, 7) is 0. The van der Waals surface area contributed by atoms with Crippen molar-refractivity contribution in [2.45, 2.75) is 0 Å². The molecular formula is C47H26N4OS. The molecule has 0 radical (unpaired) electrons. The summed E-state index contributed by atoms with van der Waals surface area (Å²) in [5.41, 5.74) is 5.64. The molecule has 0 spiro atoms. The van der Waals surface area contributed by atoms with E-state index in [0.29, 0.717) is 17.6 Å². The van der Waals surface area contributed by atoms with Crippen LogP contribution in [0.2, 0.25) is 0 Å². The summed E-state index contributed by atoms with van der Waals surface area (Å²) in [6, 6.07) is 55.4. The Morgan fingerprint density at radius 2 is 1.08 bits per heavy atom. The van der Waals surface area contributed by atoms with Crippen molar-refractivity contribution >= 4 is 96.8 Å². The fourth-order valence-electron chi connectivity index (χ4n) is 8.26. The first-order valence-electron chi connectivity index (χ1n) is 17.7. The predicted molar refractivity (Wildman–Crippen MR) is 220 cm³/mol. The first kappa shape index (κ1) is 28.8. The van der Waals surface area contributed by atoms with E-state index in [9.17, 15) is 0 Å². The van der Waals surface area contributed by atoms with Crippen molar-refractivity contribution in [3.05, 3.63) is 158 Å². The first-order valence-corrected chi connectivity index (χ1v) is 18.5. The standard InChI is InChI=1S/C47H26N4OS/c1-2-12-29(13-3-1)45-48-46(30-20-24-38-35(26-30)41-31-14-6-4-11-28(31)19-25-39(41)52-38)50-47(49-45)51-36-22-18-27-10-5-7-15-32(27)42(36)43-37(51)23-21-34-33-16-8-9-17-40(33)53-44(34)43/h1-26H. The summed E-state index contributed by atoms with van der Waals surface area (Å²) in [6.07, 6.45) is 0.